The number of guanidine groups is 1. The molecule has 2 rings (SSSR count). The lowest BCUT2D eigenvalue weighted by molar-refractivity contribution is -0.130. The molecule has 1 heterocycles. The molecule has 0 saturated carbocycles. The van der Waals surface area contributed by atoms with Gasteiger partial charge in [-0.3, -0.25) is 9.69 Å². The van der Waals surface area contributed by atoms with Gasteiger partial charge in [-0.2, -0.15) is 0 Å². The summed E-state index contributed by atoms with van der Waals surface area (Å²) in [5.74, 6) is 1.85. The van der Waals surface area contributed by atoms with Crippen LogP contribution in [0, 0.1) is 0 Å². The van der Waals surface area contributed by atoms with Crippen molar-refractivity contribution in [3.8, 4) is 0 Å². The van der Waals surface area contributed by atoms with Crippen LogP contribution in [0.2, 0.25) is 0 Å². The van der Waals surface area contributed by atoms with E-state index in [-0.39, 0.29) is 29.9 Å². The lowest BCUT2D eigenvalue weighted by Crippen LogP contribution is -2.40. The normalized spacial score (nSPS) is 11.2. The van der Waals surface area contributed by atoms with E-state index in [1.54, 1.807) is 6.26 Å². The molecule has 0 bridgehead atoms. The van der Waals surface area contributed by atoms with Gasteiger partial charge in [0.25, 0.3) is 0 Å². The highest BCUT2D eigenvalue weighted by Gasteiger charge is 2.10. The summed E-state index contributed by atoms with van der Waals surface area (Å²) in [6.45, 7) is 11.0. The summed E-state index contributed by atoms with van der Waals surface area (Å²) in [6.07, 6.45) is 2.16. The van der Waals surface area contributed by atoms with Crippen LogP contribution in [0.5, 0.6) is 0 Å². The zero-order valence-electron chi connectivity index (χ0n) is 19.8. The van der Waals surface area contributed by atoms with Crippen molar-refractivity contribution < 1.29 is 9.21 Å². The number of aliphatic imine (C=N–C) groups is 1. The Morgan fingerprint density at radius 3 is 2.34 bits per heavy atom. The maximum atomic E-state index is 12.2. The molecule has 1 aromatic carbocycles. The minimum absolute atomic E-state index is 0. The van der Waals surface area contributed by atoms with Crippen molar-refractivity contribution in [1.82, 2.24) is 20.4 Å². The Bertz CT molecular complexity index is 806. The summed E-state index contributed by atoms with van der Waals surface area (Å²) in [5, 5.41) is 6.55. The molecule has 8 heteroatoms. The molecule has 178 valence electrons. The Balaban J connectivity index is 0.00000512. The fraction of sp³-hybridized carbons (Fsp3) is 0.500. The Kier molecular flexibility index (Phi) is 13.7. The number of carbonyl (C=O) groups is 1. The molecule has 0 saturated heterocycles. The van der Waals surface area contributed by atoms with Gasteiger partial charge in [0.15, 0.2) is 5.96 Å². The molecule has 0 aliphatic carbocycles. The van der Waals surface area contributed by atoms with Gasteiger partial charge in [0.2, 0.25) is 5.91 Å². The van der Waals surface area contributed by atoms with Crippen LogP contribution in [0.25, 0.3) is 0 Å². The molecule has 1 aromatic heterocycles. The van der Waals surface area contributed by atoms with Crippen LogP contribution in [-0.4, -0.2) is 54.9 Å². The molecule has 2 aromatic rings. The summed E-state index contributed by atoms with van der Waals surface area (Å²) < 4.78 is 5.45. The zero-order chi connectivity index (χ0) is 22.5. The van der Waals surface area contributed by atoms with Crippen LogP contribution in [0.15, 0.2) is 52.1 Å². The second-order valence-electron chi connectivity index (χ2n) is 7.46. The van der Waals surface area contributed by atoms with Crippen LogP contribution in [0.4, 0.5) is 0 Å². The first-order valence-corrected chi connectivity index (χ1v) is 11.1. The average molecular weight is 556 g/mol. The van der Waals surface area contributed by atoms with Crippen molar-refractivity contribution in [3.63, 3.8) is 0 Å². The van der Waals surface area contributed by atoms with Gasteiger partial charge >= 0.3 is 0 Å². The van der Waals surface area contributed by atoms with Gasteiger partial charge in [0.1, 0.15) is 5.76 Å². The van der Waals surface area contributed by atoms with Gasteiger partial charge in [-0.15, -0.1) is 24.0 Å². The highest BCUT2D eigenvalue weighted by Crippen LogP contribution is 2.14. The highest BCUT2D eigenvalue weighted by molar-refractivity contribution is 14.0. The van der Waals surface area contributed by atoms with Gasteiger partial charge < -0.3 is 20.0 Å². The standard InChI is InChI=1S/C24H37N5O2.HI/c1-5-25-24(26-15-14-23(30)29(6-2)7-3)27-17-20-11-8-9-12-21(20)18-28(4)19-22-13-10-16-31-22;/h8-13,16H,5-7,14-15,17-19H2,1-4H3,(H2,25,26,27);1H. The number of benzene rings is 1. The Morgan fingerprint density at radius 2 is 1.72 bits per heavy atom. The van der Waals surface area contributed by atoms with E-state index in [2.05, 4.69) is 40.8 Å². The van der Waals surface area contributed by atoms with E-state index in [0.29, 0.717) is 19.5 Å². The minimum atomic E-state index is 0. The number of amides is 1. The van der Waals surface area contributed by atoms with E-state index in [0.717, 1.165) is 44.4 Å². The third kappa shape index (κ3) is 9.60. The molecule has 0 fully saturated rings. The SMILES string of the molecule is CCNC(=NCc1ccccc1CN(C)Cc1ccco1)NCCC(=O)N(CC)CC.I. The van der Waals surface area contributed by atoms with E-state index < -0.39 is 0 Å². The molecule has 0 spiro atoms. The molecule has 0 unspecified atom stereocenters. The van der Waals surface area contributed by atoms with Crippen molar-refractivity contribution in [3.05, 3.63) is 59.5 Å². The molecule has 0 aliphatic rings. The molecule has 32 heavy (non-hydrogen) atoms. The zero-order valence-corrected chi connectivity index (χ0v) is 22.1. The van der Waals surface area contributed by atoms with Crippen molar-refractivity contribution in [2.75, 3.05) is 33.2 Å². The van der Waals surface area contributed by atoms with Crippen molar-refractivity contribution in [2.24, 2.45) is 4.99 Å². The van der Waals surface area contributed by atoms with Crippen molar-refractivity contribution >= 4 is 35.8 Å². The van der Waals surface area contributed by atoms with E-state index in [9.17, 15) is 4.79 Å². The monoisotopic (exact) mass is 555 g/mol. The smallest absolute Gasteiger partial charge is 0.224 e. The van der Waals surface area contributed by atoms with Gasteiger partial charge in [0, 0.05) is 39.1 Å². The fourth-order valence-electron chi connectivity index (χ4n) is 3.41. The molecule has 0 radical (unpaired) electrons. The number of hydrogen-bond donors (Lipinski definition) is 2. The predicted molar refractivity (Wildman–Crippen MR) is 141 cm³/mol. The van der Waals surface area contributed by atoms with Crippen LogP contribution in [-0.2, 0) is 24.4 Å². The number of halogens is 1. The Hall–Kier alpha value is -2.07. The summed E-state index contributed by atoms with van der Waals surface area (Å²) in [4.78, 5) is 21.0. The van der Waals surface area contributed by atoms with Crippen LogP contribution >= 0.6 is 24.0 Å². The summed E-state index contributed by atoms with van der Waals surface area (Å²) in [5.41, 5.74) is 2.43. The second kappa shape index (κ2) is 15.7. The number of nitrogens with zero attached hydrogens (tertiary/aromatic N) is 3. The molecular weight excluding hydrogens is 517 g/mol. The van der Waals surface area contributed by atoms with Crippen molar-refractivity contribution in [2.45, 2.75) is 46.8 Å². The highest BCUT2D eigenvalue weighted by atomic mass is 127. The third-order valence-electron chi connectivity index (χ3n) is 5.06. The van der Waals surface area contributed by atoms with E-state index in [1.165, 1.54) is 11.1 Å². The molecule has 7 nitrogen and oxygen atoms in total. The van der Waals surface area contributed by atoms with Gasteiger partial charge in [0.05, 0.1) is 19.4 Å². The lowest BCUT2D eigenvalue weighted by atomic mass is 10.1. The van der Waals surface area contributed by atoms with Gasteiger partial charge in [-0.05, 0) is 51.1 Å². The molecular formula is C24H38IN5O2. The molecule has 2 N–H and O–H groups in total. The Labute approximate surface area is 209 Å². The molecule has 0 aliphatic heterocycles. The maximum absolute atomic E-state index is 12.2. The summed E-state index contributed by atoms with van der Waals surface area (Å²) in [7, 11) is 2.08. The van der Waals surface area contributed by atoms with E-state index >= 15 is 0 Å². The topological polar surface area (TPSA) is 73.1 Å². The summed E-state index contributed by atoms with van der Waals surface area (Å²) >= 11 is 0. The fourth-order valence-corrected chi connectivity index (χ4v) is 3.41. The number of hydrogen-bond acceptors (Lipinski definition) is 4. The average Bonchev–Trinajstić information content (AvgIpc) is 3.26. The first-order valence-electron chi connectivity index (χ1n) is 11.1. The lowest BCUT2D eigenvalue weighted by Gasteiger charge is -2.19. The van der Waals surface area contributed by atoms with Gasteiger partial charge in [-0.25, -0.2) is 4.99 Å². The third-order valence-corrected chi connectivity index (χ3v) is 5.06. The molecule has 0 atom stereocenters. The summed E-state index contributed by atoms with van der Waals surface area (Å²) in [6, 6.07) is 12.3. The van der Waals surface area contributed by atoms with Gasteiger partial charge in [-0.1, -0.05) is 24.3 Å². The first kappa shape index (κ1) is 28.0. The number of carbonyl (C=O) groups excluding carboxylic acids is 1. The number of nitrogens with one attached hydrogen (secondary N) is 2. The number of rotatable bonds is 12. The predicted octanol–water partition coefficient (Wildman–Crippen LogP) is 3.84. The minimum Gasteiger partial charge on any atom is -0.468 e. The van der Waals surface area contributed by atoms with Crippen molar-refractivity contribution in [1.29, 1.82) is 0 Å². The first-order chi connectivity index (χ1) is 15.1. The van der Waals surface area contributed by atoms with E-state index in [1.807, 2.05) is 43.9 Å². The number of furan rings is 1. The second-order valence-corrected chi connectivity index (χ2v) is 7.46. The largest absolute Gasteiger partial charge is 0.468 e. The maximum Gasteiger partial charge on any atom is 0.224 e. The van der Waals surface area contributed by atoms with Crippen LogP contribution < -0.4 is 10.6 Å². The van der Waals surface area contributed by atoms with Crippen LogP contribution in [0.1, 0.15) is 44.1 Å². The molecule has 1 amide bonds. The van der Waals surface area contributed by atoms with Crippen LogP contribution in [0.3, 0.4) is 0 Å². The Morgan fingerprint density at radius 1 is 1.00 bits per heavy atom. The van der Waals surface area contributed by atoms with E-state index in [4.69, 9.17) is 9.41 Å². The quantitative estimate of drug-likeness (QED) is 0.237.